The van der Waals surface area contributed by atoms with Crippen LogP contribution in [-0.4, -0.2) is 24.6 Å². The Morgan fingerprint density at radius 1 is 1.04 bits per heavy atom. The van der Waals surface area contributed by atoms with E-state index < -0.39 is 12.1 Å². The second-order valence-corrected chi connectivity index (χ2v) is 6.12. The van der Waals surface area contributed by atoms with Gasteiger partial charge in [-0.2, -0.15) is 0 Å². The molecule has 0 radical (unpaired) electrons. The van der Waals surface area contributed by atoms with Gasteiger partial charge >= 0.3 is 5.97 Å². The number of hydrogen-bond donors (Lipinski definition) is 1. The normalized spacial score (nSPS) is 11.5. The van der Waals surface area contributed by atoms with E-state index in [2.05, 4.69) is 12.2 Å². The molecule has 0 aliphatic heterocycles. The Labute approximate surface area is 158 Å². The van der Waals surface area contributed by atoms with Gasteiger partial charge < -0.3 is 14.8 Å². The number of benzene rings is 2. The number of anilines is 1. The third-order valence-corrected chi connectivity index (χ3v) is 3.86. The van der Waals surface area contributed by atoms with Crippen molar-refractivity contribution >= 4 is 17.6 Å². The Morgan fingerprint density at radius 3 is 2.33 bits per heavy atom. The summed E-state index contributed by atoms with van der Waals surface area (Å²) in [6.07, 6.45) is 2.19. The lowest BCUT2D eigenvalue weighted by Gasteiger charge is -2.14. The summed E-state index contributed by atoms with van der Waals surface area (Å²) < 4.78 is 23.6. The largest absolute Gasteiger partial charge is 0.479 e. The topological polar surface area (TPSA) is 64.6 Å². The molecule has 2 aromatic rings. The first-order valence-corrected chi connectivity index (χ1v) is 9.00. The summed E-state index contributed by atoms with van der Waals surface area (Å²) in [5.74, 6) is -0.639. The molecule has 1 amide bonds. The fourth-order valence-corrected chi connectivity index (χ4v) is 2.32. The highest BCUT2D eigenvalue weighted by atomic mass is 19.1. The van der Waals surface area contributed by atoms with Gasteiger partial charge in [0.25, 0.3) is 5.91 Å². The molecule has 0 fully saturated rings. The summed E-state index contributed by atoms with van der Waals surface area (Å²) in [6.45, 7) is 4.09. The van der Waals surface area contributed by atoms with Crippen molar-refractivity contribution in [2.75, 3.05) is 11.9 Å². The molecule has 1 N–H and O–H groups in total. The van der Waals surface area contributed by atoms with E-state index in [4.69, 9.17) is 9.47 Å². The number of hydrogen-bond acceptors (Lipinski definition) is 4. The number of esters is 1. The standard InChI is InChI=1S/C21H24FNO4/c1-3-4-5-14-26-21(25)15(2)27-19-12-6-16(7-13-19)20(24)23-18-10-8-17(22)9-11-18/h6-13,15H,3-5,14H2,1-2H3,(H,23,24)/t15-/m1/s1. The maximum atomic E-state index is 12.9. The molecular formula is C21H24FNO4. The molecule has 0 heterocycles. The number of rotatable bonds is 9. The minimum Gasteiger partial charge on any atom is -0.479 e. The highest BCUT2D eigenvalue weighted by Crippen LogP contribution is 2.16. The molecule has 0 saturated heterocycles. The molecule has 0 aliphatic rings. The molecule has 0 spiro atoms. The quantitative estimate of drug-likeness (QED) is 0.516. The van der Waals surface area contributed by atoms with E-state index in [1.807, 2.05) is 0 Å². The van der Waals surface area contributed by atoms with Gasteiger partial charge in [0.05, 0.1) is 6.61 Å². The highest BCUT2D eigenvalue weighted by Gasteiger charge is 2.16. The van der Waals surface area contributed by atoms with Gasteiger partial charge in [-0.3, -0.25) is 4.79 Å². The summed E-state index contributed by atoms with van der Waals surface area (Å²) in [7, 11) is 0. The number of halogens is 1. The minimum absolute atomic E-state index is 0.323. The van der Waals surface area contributed by atoms with Gasteiger partial charge in [0, 0.05) is 11.3 Å². The molecule has 0 aliphatic carbocycles. The summed E-state index contributed by atoms with van der Waals surface area (Å²) in [5.41, 5.74) is 0.919. The van der Waals surface area contributed by atoms with Crippen LogP contribution < -0.4 is 10.1 Å². The molecule has 0 saturated carbocycles. The van der Waals surface area contributed by atoms with Gasteiger partial charge in [0.1, 0.15) is 11.6 Å². The molecule has 27 heavy (non-hydrogen) atoms. The minimum atomic E-state index is -0.731. The molecular weight excluding hydrogens is 349 g/mol. The Hall–Kier alpha value is -2.89. The monoisotopic (exact) mass is 373 g/mol. The third-order valence-electron chi connectivity index (χ3n) is 3.86. The second-order valence-electron chi connectivity index (χ2n) is 6.12. The first-order chi connectivity index (χ1) is 13.0. The van der Waals surface area contributed by atoms with Crippen molar-refractivity contribution < 1.29 is 23.5 Å². The van der Waals surface area contributed by atoms with E-state index in [1.165, 1.54) is 24.3 Å². The SMILES string of the molecule is CCCCCOC(=O)[C@@H](C)Oc1ccc(C(=O)Nc2ccc(F)cc2)cc1. The van der Waals surface area contributed by atoms with Crippen LogP contribution in [0.15, 0.2) is 48.5 Å². The highest BCUT2D eigenvalue weighted by molar-refractivity contribution is 6.04. The average Bonchev–Trinajstić information content (AvgIpc) is 2.67. The number of ether oxygens (including phenoxy) is 2. The number of carbonyl (C=O) groups excluding carboxylic acids is 2. The first-order valence-electron chi connectivity index (χ1n) is 9.00. The molecule has 144 valence electrons. The van der Waals surface area contributed by atoms with Crippen molar-refractivity contribution in [3.63, 3.8) is 0 Å². The second kappa shape index (κ2) is 10.3. The van der Waals surface area contributed by atoms with Gasteiger partial charge in [0.15, 0.2) is 6.10 Å². The molecule has 0 unspecified atom stereocenters. The van der Waals surface area contributed by atoms with Crippen molar-refractivity contribution in [3.05, 3.63) is 59.9 Å². The van der Waals surface area contributed by atoms with E-state index in [1.54, 1.807) is 31.2 Å². The van der Waals surface area contributed by atoms with Crippen LogP contribution >= 0.6 is 0 Å². The predicted molar refractivity (Wildman–Crippen MR) is 101 cm³/mol. The van der Waals surface area contributed by atoms with Crippen LogP contribution in [0.4, 0.5) is 10.1 Å². The molecule has 5 nitrogen and oxygen atoms in total. The summed E-state index contributed by atoms with van der Waals surface area (Å²) in [6, 6.07) is 11.9. The fourth-order valence-electron chi connectivity index (χ4n) is 2.32. The zero-order valence-electron chi connectivity index (χ0n) is 15.5. The van der Waals surface area contributed by atoms with Gasteiger partial charge in [-0.25, -0.2) is 9.18 Å². The Balaban J connectivity index is 1.85. The van der Waals surface area contributed by atoms with Crippen molar-refractivity contribution in [3.8, 4) is 5.75 Å². The van der Waals surface area contributed by atoms with Crippen LogP contribution in [0.3, 0.4) is 0 Å². The van der Waals surface area contributed by atoms with Crippen LogP contribution in [0.1, 0.15) is 43.5 Å². The van der Waals surface area contributed by atoms with Crippen LogP contribution in [0.2, 0.25) is 0 Å². The fraction of sp³-hybridized carbons (Fsp3) is 0.333. The molecule has 2 aromatic carbocycles. The molecule has 0 bridgehead atoms. The molecule has 0 aromatic heterocycles. The maximum Gasteiger partial charge on any atom is 0.347 e. The lowest BCUT2D eigenvalue weighted by molar-refractivity contribution is -0.151. The Morgan fingerprint density at radius 2 is 1.70 bits per heavy atom. The van der Waals surface area contributed by atoms with E-state index in [9.17, 15) is 14.0 Å². The summed E-state index contributed by atoms with van der Waals surface area (Å²) in [4.78, 5) is 24.1. The summed E-state index contributed by atoms with van der Waals surface area (Å²) >= 11 is 0. The number of unbranched alkanes of at least 4 members (excludes halogenated alkanes) is 2. The van der Waals surface area contributed by atoms with E-state index >= 15 is 0 Å². The average molecular weight is 373 g/mol. The zero-order valence-corrected chi connectivity index (χ0v) is 15.5. The van der Waals surface area contributed by atoms with Gasteiger partial charge in [0.2, 0.25) is 0 Å². The van der Waals surface area contributed by atoms with E-state index in [-0.39, 0.29) is 11.7 Å². The first kappa shape index (κ1) is 20.4. The van der Waals surface area contributed by atoms with E-state index in [0.717, 1.165) is 19.3 Å². The number of carbonyl (C=O) groups is 2. The van der Waals surface area contributed by atoms with Crippen LogP contribution in [0.5, 0.6) is 5.75 Å². The van der Waals surface area contributed by atoms with Gasteiger partial charge in [-0.15, -0.1) is 0 Å². The zero-order chi connectivity index (χ0) is 19.6. The van der Waals surface area contributed by atoms with Crippen molar-refractivity contribution in [1.82, 2.24) is 0 Å². The molecule has 2 rings (SSSR count). The Bertz CT molecular complexity index is 744. The molecule has 1 atom stereocenters. The van der Waals surface area contributed by atoms with Crippen molar-refractivity contribution in [2.24, 2.45) is 0 Å². The maximum absolute atomic E-state index is 12.9. The lowest BCUT2D eigenvalue weighted by atomic mass is 10.2. The van der Waals surface area contributed by atoms with E-state index in [0.29, 0.717) is 23.6 Å². The smallest absolute Gasteiger partial charge is 0.347 e. The van der Waals surface area contributed by atoms with Gasteiger partial charge in [-0.1, -0.05) is 19.8 Å². The van der Waals surface area contributed by atoms with Crippen LogP contribution in [0, 0.1) is 5.82 Å². The van der Waals surface area contributed by atoms with Crippen LogP contribution in [-0.2, 0) is 9.53 Å². The molecule has 6 heteroatoms. The van der Waals surface area contributed by atoms with Crippen molar-refractivity contribution in [2.45, 2.75) is 39.2 Å². The number of nitrogens with one attached hydrogen (secondary N) is 1. The van der Waals surface area contributed by atoms with Crippen LogP contribution in [0.25, 0.3) is 0 Å². The third kappa shape index (κ3) is 6.73. The Kier molecular flexibility index (Phi) is 7.79. The lowest BCUT2D eigenvalue weighted by Crippen LogP contribution is -2.26. The van der Waals surface area contributed by atoms with Gasteiger partial charge in [-0.05, 0) is 61.9 Å². The van der Waals surface area contributed by atoms with Crippen molar-refractivity contribution in [1.29, 1.82) is 0 Å². The number of amides is 1. The summed E-state index contributed by atoms with van der Waals surface area (Å²) in [5, 5.41) is 2.68. The predicted octanol–water partition coefficient (Wildman–Crippen LogP) is 4.58.